The van der Waals surface area contributed by atoms with Crippen LogP contribution >= 0.6 is 24.0 Å². The Morgan fingerprint density at radius 2 is 1.93 bits per heavy atom. The van der Waals surface area contributed by atoms with Gasteiger partial charge in [0.15, 0.2) is 0 Å². The molecule has 0 bridgehead atoms. The van der Waals surface area contributed by atoms with Crippen molar-refractivity contribution in [1.29, 1.82) is 0 Å². The van der Waals surface area contributed by atoms with Gasteiger partial charge in [0.2, 0.25) is 0 Å². The molecule has 1 aromatic heterocycles. The van der Waals surface area contributed by atoms with Crippen LogP contribution in [0.5, 0.6) is 0 Å². The predicted molar refractivity (Wildman–Crippen MR) is 71.1 cm³/mol. The van der Waals surface area contributed by atoms with Gasteiger partial charge in [-0.25, -0.2) is 0 Å². The van der Waals surface area contributed by atoms with Crippen molar-refractivity contribution in [1.82, 2.24) is 9.88 Å². The van der Waals surface area contributed by atoms with Gasteiger partial charge < -0.3 is 4.90 Å². The summed E-state index contributed by atoms with van der Waals surface area (Å²) in [7, 11) is 0. The molecular weight excluding hydrogens is 224 g/mol. The predicted octanol–water partition coefficient (Wildman–Crippen LogP) is 2.94. The molecule has 1 rings (SSSR count). The summed E-state index contributed by atoms with van der Waals surface area (Å²) >= 11 is 7.06. The first kappa shape index (κ1) is 12.5. The number of pyridine rings is 1. The summed E-state index contributed by atoms with van der Waals surface area (Å²) in [6, 6.07) is 4.05. The number of thioether (sulfide) groups is 1. The van der Waals surface area contributed by atoms with Crippen LogP contribution in [0, 0.1) is 0 Å². The van der Waals surface area contributed by atoms with E-state index in [-0.39, 0.29) is 0 Å². The molecule has 0 fully saturated rings. The molecule has 0 radical (unpaired) electrons. The summed E-state index contributed by atoms with van der Waals surface area (Å²) in [5.41, 5.74) is 1.27. The van der Waals surface area contributed by atoms with E-state index in [2.05, 4.69) is 23.7 Å². The molecule has 0 saturated carbocycles. The lowest BCUT2D eigenvalue weighted by Crippen LogP contribution is -2.26. The highest BCUT2D eigenvalue weighted by Gasteiger charge is 2.05. The highest BCUT2D eigenvalue weighted by atomic mass is 32.2. The van der Waals surface area contributed by atoms with E-state index in [1.54, 1.807) is 11.8 Å². The van der Waals surface area contributed by atoms with Crippen LogP contribution in [0.15, 0.2) is 24.5 Å². The summed E-state index contributed by atoms with van der Waals surface area (Å²) < 4.78 is 0.983. The number of aromatic nitrogens is 1. The largest absolute Gasteiger partial charge is 0.358 e. The molecule has 0 atom stereocenters. The highest BCUT2D eigenvalue weighted by molar-refractivity contribution is 8.22. The van der Waals surface area contributed by atoms with Gasteiger partial charge in [-0.1, -0.05) is 24.0 Å². The van der Waals surface area contributed by atoms with Crippen LogP contribution in [0.2, 0.25) is 0 Å². The van der Waals surface area contributed by atoms with E-state index in [1.807, 2.05) is 24.5 Å². The Bertz CT molecular complexity index is 297. The monoisotopic (exact) mass is 240 g/mol. The van der Waals surface area contributed by atoms with E-state index in [0.717, 1.165) is 23.2 Å². The fourth-order valence-corrected chi connectivity index (χ4v) is 2.56. The Kier molecular flexibility index (Phi) is 5.65. The fraction of sp³-hybridized carbons (Fsp3) is 0.455. The van der Waals surface area contributed by atoms with Crippen LogP contribution in [-0.2, 0) is 5.75 Å². The quantitative estimate of drug-likeness (QED) is 0.752. The van der Waals surface area contributed by atoms with Gasteiger partial charge in [-0.05, 0) is 31.5 Å². The lowest BCUT2D eigenvalue weighted by atomic mass is 10.3. The average molecular weight is 240 g/mol. The van der Waals surface area contributed by atoms with Crippen LogP contribution in [0.3, 0.4) is 0 Å². The van der Waals surface area contributed by atoms with Crippen molar-refractivity contribution in [3.8, 4) is 0 Å². The maximum Gasteiger partial charge on any atom is 0.136 e. The van der Waals surface area contributed by atoms with Gasteiger partial charge in [-0.3, -0.25) is 4.98 Å². The molecule has 2 nitrogen and oxygen atoms in total. The molecule has 82 valence electrons. The first-order valence-corrected chi connectivity index (χ1v) is 6.48. The lowest BCUT2D eigenvalue weighted by Gasteiger charge is -2.20. The molecular formula is C11H16N2S2. The zero-order valence-corrected chi connectivity index (χ0v) is 10.8. The summed E-state index contributed by atoms with van der Waals surface area (Å²) in [6.07, 6.45) is 3.63. The van der Waals surface area contributed by atoms with Gasteiger partial charge >= 0.3 is 0 Å². The van der Waals surface area contributed by atoms with E-state index in [1.165, 1.54) is 5.56 Å². The van der Waals surface area contributed by atoms with E-state index in [4.69, 9.17) is 12.2 Å². The molecule has 15 heavy (non-hydrogen) atoms. The fourth-order valence-electron chi connectivity index (χ4n) is 1.20. The topological polar surface area (TPSA) is 16.1 Å². The molecule has 0 saturated heterocycles. The van der Waals surface area contributed by atoms with Crippen molar-refractivity contribution >= 4 is 28.3 Å². The molecule has 0 N–H and O–H groups in total. The number of thiocarbonyl (C=S) groups is 1. The number of nitrogens with zero attached hydrogens (tertiary/aromatic N) is 2. The smallest absolute Gasteiger partial charge is 0.136 e. The van der Waals surface area contributed by atoms with Crippen molar-refractivity contribution in [3.63, 3.8) is 0 Å². The third kappa shape index (κ3) is 4.18. The molecule has 0 amide bonds. The third-order valence-electron chi connectivity index (χ3n) is 2.13. The Morgan fingerprint density at radius 1 is 1.33 bits per heavy atom. The van der Waals surface area contributed by atoms with Gasteiger partial charge in [0, 0.05) is 31.2 Å². The highest BCUT2D eigenvalue weighted by Crippen LogP contribution is 2.15. The Balaban J connectivity index is 2.40. The second-order valence-corrected chi connectivity index (χ2v) is 4.69. The number of hydrogen-bond donors (Lipinski definition) is 0. The second-order valence-electron chi connectivity index (χ2n) is 3.08. The Morgan fingerprint density at radius 3 is 2.47 bits per heavy atom. The Hall–Kier alpha value is -0.610. The van der Waals surface area contributed by atoms with E-state index in [9.17, 15) is 0 Å². The van der Waals surface area contributed by atoms with Gasteiger partial charge in [0.1, 0.15) is 4.32 Å². The first-order chi connectivity index (χ1) is 7.27. The minimum absolute atomic E-state index is 0.928. The number of rotatable bonds is 4. The molecule has 0 spiro atoms. The van der Waals surface area contributed by atoms with E-state index < -0.39 is 0 Å². The summed E-state index contributed by atoms with van der Waals surface area (Å²) in [4.78, 5) is 6.18. The van der Waals surface area contributed by atoms with Crippen molar-refractivity contribution < 1.29 is 0 Å². The van der Waals surface area contributed by atoms with Crippen LogP contribution < -0.4 is 0 Å². The lowest BCUT2D eigenvalue weighted by molar-refractivity contribution is 0.482. The van der Waals surface area contributed by atoms with Crippen LogP contribution in [0.1, 0.15) is 19.4 Å². The zero-order valence-electron chi connectivity index (χ0n) is 9.14. The first-order valence-electron chi connectivity index (χ1n) is 5.08. The SMILES string of the molecule is CCN(CC)C(=S)SCc1ccncc1. The van der Waals surface area contributed by atoms with Crippen LogP contribution in [0.4, 0.5) is 0 Å². The van der Waals surface area contributed by atoms with Crippen molar-refractivity contribution in [2.24, 2.45) is 0 Å². The van der Waals surface area contributed by atoms with Crippen molar-refractivity contribution in [2.45, 2.75) is 19.6 Å². The van der Waals surface area contributed by atoms with Gasteiger partial charge in [-0.15, -0.1) is 0 Å². The molecule has 0 aliphatic rings. The maximum absolute atomic E-state index is 5.35. The van der Waals surface area contributed by atoms with Crippen molar-refractivity contribution in [2.75, 3.05) is 13.1 Å². The minimum atomic E-state index is 0.928. The molecule has 0 aliphatic heterocycles. The Labute approximate surface area is 101 Å². The van der Waals surface area contributed by atoms with Gasteiger partial charge in [0.05, 0.1) is 0 Å². The normalized spacial score (nSPS) is 10.0. The molecule has 1 aromatic rings. The summed E-state index contributed by atoms with van der Waals surface area (Å²) in [6.45, 7) is 6.23. The molecule has 0 unspecified atom stereocenters. The van der Waals surface area contributed by atoms with Crippen LogP contribution in [0.25, 0.3) is 0 Å². The molecule has 0 aromatic carbocycles. The molecule has 1 heterocycles. The summed E-state index contributed by atoms with van der Waals surface area (Å²) in [5.74, 6) is 0.928. The summed E-state index contributed by atoms with van der Waals surface area (Å²) in [5, 5.41) is 0. The molecule has 0 aliphatic carbocycles. The van der Waals surface area contributed by atoms with Gasteiger partial charge in [-0.2, -0.15) is 0 Å². The van der Waals surface area contributed by atoms with Gasteiger partial charge in [0.25, 0.3) is 0 Å². The van der Waals surface area contributed by atoms with E-state index in [0.29, 0.717) is 0 Å². The third-order valence-corrected chi connectivity index (χ3v) is 3.73. The minimum Gasteiger partial charge on any atom is -0.358 e. The van der Waals surface area contributed by atoms with Crippen molar-refractivity contribution in [3.05, 3.63) is 30.1 Å². The molecule has 4 heteroatoms. The zero-order chi connectivity index (χ0) is 11.1. The standard InChI is InChI=1S/C11H16N2S2/c1-3-13(4-2)11(14)15-9-10-5-7-12-8-6-10/h5-8H,3-4,9H2,1-2H3. The maximum atomic E-state index is 5.35. The van der Waals surface area contributed by atoms with Crippen LogP contribution in [-0.4, -0.2) is 27.3 Å². The second kappa shape index (κ2) is 6.80. The van der Waals surface area contributed by atoms with E-state index >= 15 is 0 Å². The number of hydrogen-bond acceptors (Lipinski definition) is 3. The average Bonchev–Trinajstić information content (AvgIpc) is 2.29.